The lowest BCUT2D eigenvalue weighted by Gasteiger charge is -2.05. The molecule has 1 aromatic carbocycles. The number of aryl methyl sites for hydroxylation is 1. The SMILES string of the molecule is CCCCCNC(=O)CCc1ccc(S(N)(=O)=O)cc1. The molecule has 0 spiro atoms. The largest absolute Gasteiger partial charge is 0.356 e. The van der Waals surface area contributed by atoms with E-state index in [0.29, 0.717) is 12.8 Å². The van der Waals surface area contributed by atoms with Gasteiger partial charge in [0.2, 0.25) is 15.9 Å². The van der Waals surface area contributed by atoms with Crippen LogP contribution in [0.1, 0.15) is 38.2 Å². The van der Waals surface area contributed by atoms with Crippen molar-refractivity contribution in [2.24, 2.45) is 5.14 Å². The minimum absolute atomic E-state index is 0.0247. The van der Waals surface area contributed by atoms with E-state index in [-0.39, 0.29) is 10.8 Å². The van der Waals surface area contributed by atoms with Gasteiger partial charge in [-0.05, 0) is 30.5 Å². The third-order valence-electron chi connectivity index (χ3n) is 3.00. The highest BCUT2D eigenvalue weighted by atomic mass is 32.2. The maximum Gasteiger partial charge on any atom is 0.238 e. The fourth-order valence-corrected chi connectivity index (χ4v) is 2.31. The molecule has 0 saturated carbocycles. The molecule has 0 fully saturated rings. The lowest BCUT2D eigenvalue weighted by Crippen LogP contribution is -2.24. The summed E-state index contributed by atoms with van der Waals surface area (Å²) in [6, 6.07) is 6.29. The summed E-state index contributed by atoms with van der Waals surface area (Å²) in [7, 11) is -3.65. The van der Waals surface area contributed by atoms with E-state index < -0.39 is 10.0 Å². The Bertz CT molecular complexity index is 524. The average Bonchev–Trinajstić information content (AvgIpc) is 2.41. The lowest BCUT2D eigenvalue weighted by molar-refractivity contribution is -0.121. The maximum atomic E-state index is 11.6. The topological polar surface area (TPSA) is 89.3 Å². The third-order valence-corrected chi connectivity index (χ3v) is 3.92. The van der Waals surface area contributed by atoms with Crippen LogP contribution in [0.5, 0.6) is 0 Å². The zero-order valence-electron chi connectivity index (χ0n) is 11.8. The van der Waals surface area contributed by atoms with Crippen LogP contribution >= 0.6 is 0 Å². The van der Waals surface area contributed by atoms with Gasteiger partial charge in [0.05, 0.1) is 4.90 Å². The number of carbonyl (C=O) groups excluding carboxylic acids is 1. The summed E-state index contributed by atoms with van der Waals surface area (Å²) < 4.78 is 22.2. The molecule has 112 valence electrons. The van der Waals surface area contributed by atoms with E-state index in [9.17, 15) is 13.2 Å². The summed E-state index contributed by atoms with van der Waals surface area (Å²) in [6.45, 7) is 2.84. The molecule has 0 aliphatic carbocycles. The number of unbranched alkanes of at least 4 members (excludes halogenated alkanes) is 2. The third kappa shape index (κ3) is 6.16. The zero-order chi connectivity index (χ0) is 15.0. The second-order valence-corrected chi connectivity index (χ2v) is 6.31. The molecule has 3 N–H and O–H groups in total. The number of hydrogen-bond acceptors (Lipinski definition) is 3. The summed E-state index contributed by atoms with van der Waals surface area (Å²) in [4.78, 5) is 11.7. The van der Waals surface area contributed by atoms with Gasteiger partial charge in [0.25, 0.3) is 0 Å². The first-order valence-corrected chi connectivity index (χ1v) is 8.36. The van der Waals surface area contributed by atoms with Gasteiger partial charge < -0.3 is 5.32 Å². The molecule has 0 aliphatic heterocycles. The summed E-state index contributed by atoms with van der Waals surface area (Å²) in [5.74, 6) is 0.0247. The molecule has 1 amide bonds. The molecule has 1 rings (SSSR count). The number of carbonyl (C=O) groups is 1. The summed E-state index contributed by atoms with van der Waals surface area (Å²) in [5.41, 5.74) is 0.918. The second-order valence-electron chi connectivity index (χ2n) is 4.75. The van der Waals surface area contributed by atoms with Crippen molar-refractivity contribution < 1.29 is 13.2 Å². The number of nitrogens with one attached hydrogen (secondary N) is 1. The van der Waals surface area contributed by atoms with Crippen molar-refractivity contribution in [3.05, 3.63) is 29.8 Å². The van der Waals surface area contributed by atoms with E-state index in [1.165, 1.54) is 12.1 Å². The average molecular weight is 298 g/mol. The molecule has 0 heterocycles. The van der Waals surface area contributed by atoms with Crippen molar-refractivity contribution in [1.29, 1.82) is 0 Å². The second kappa shape index (κ2) is 8.01. The van der Waals surface area contributed by atoms with Crippen LogP contribution in [0.3, 0.4) is 0 Å². The molecule has 0 bridgehead atoms. The fourth-order valence-electron chi connectivity index (χ4n) is 1.79. The molecule has 0 radical (unpaired) electrons. The Kier molecular flexibility index (Phi) is 6.67. The van der Waals surface area contributed by atoms with Gasteiger partial charge in [-0.3, -0.25) is 4.79 Å². The van der Waals surface area contributed by atoms with E-state index in [1.807, 2.05) is 0 Å². The summed E-state index contributed by atoms with van der Waals surface area (Å²) in [5, 5.41) is 7.89. The van der Waals surface area contributed by atoms with E-state index >= 15 is 0 Å². The van der Waals surface area contributed by atoms with Gasteiger partial charge >= 0.3 is 0 Å². The van der Waals surface area contributed by atoms with Crippen LogP contribution in [-0.4, -0.2) is 20.9 Å². The van der Waals surface area contributed by atoms with Crippen LogP contribution in [0.4, 0.5) is 0 Å². The number of benzene rings is 1. The van der Waals surface area contributed by atoms with Crippen molar-refractivity contribution in [3.63, 3.8) is 0 Å². The molecular weight excluding hydrogens is 276 g/mol. The van der Waals surface area contributed by atoms with Crippen LogP contribution < -0.4 is 10.5 Å². The van der Waals surface area contributed by atoms with Crippen LogP contribution in [0.2, 0.25) is 0 Å². The molecule has 0 saturated heterocycles. The number of hydrogen-bond donors (Lipinski definition) is 2. The Labute approximate surface area is 120 Å². The Morgan fingerprint density at radius 3 is 2.40 bits per heavy atom. The van der Waals surface area contributed by atoms with Crippen molar-refractivity contribution in [1.82, 2.24) is 5.32 Å². The molecule has 0 aliphatic rings. The van der Waals surface area contributed by atoms with Gasteiger partial charge in [-0.1, -0.05) is 31.9 Å². The minimum atomic E-state index is -3.65. The number of amides is 1. The van der Waals surface area contributed by atoms with Crippen molar-refractivity contribution >= 4 is 15.9 Å². The molecule has 0 aromatic heterocycles. The molecule has 0 atom stereocenters. The number of rotatable bonds is 8. The van der Waals surface area contributed by atoms with Crippen LogP contribution in [0.25, 0.3) is 0 Å². The summed E-state index contributed by atoms with van der Waals surface area (Å²) in [6.07, 6.45) is 4.25. The molecule has 6 heteroatoms. The molecule has 0 unspecified atom stereocenters. The fraction of sp³-hybridized carbons (Fsp3) is 0.500. The maximum absolute atomic E-state index is 11.6. The molecule has 5 nitrogen and oxygen atoms in total. The van der Waals surface area contributed by atoms with Crippen molar-refractivity contribution in [3.8, 4) is 0 Å². The van der Waals surface area contributed by atoms with Crippen LogP contribution in [0, 0.1) is 0 Å². The van der Waals surface area contributed by atoms with Gasteiger partial charge in [0.15, 0.2) is 0 Å². The quantitative estimate of drug-likeness (QED) is 0.714. The predicted octanol–water partition coefficient (Wildman–Crippen LogP) is 1.57. The molecule has 20 heavy (non-hydrogen) atoms. The van der Waals surface area contributed by atoms with Crippen molar-refractivity contribution in [2.75, 3.05) is 6.54 Å². The Balaban J connectivity index is 2.37. The highest BCUT2D eigenvalue weighted by molar-refractivity contribution is 7.89. The number of sulfonamides is 1. The zero-order valence-corrected chi connectivity index (χ0v) is 12.6. The monoisotopic (exact) mass is 298 g/mol. The van der Waals surface area contributed by atoms with Gasteiger partial charge in [-0.15, -0.1) is 0 Å². The highest BCUT2D eigenvalue weighted by Crippen LogP contribution is 2.10. The smallest absolute Gasteiger partial charge is 0.238 e. The lowest BCUT2D eigenvalue weighted by atomic mass is 10.1. The summed E-state index contributed by atoms with van der Waals surface area (Å²) >= 11 is 0. The van der Waals surface area contributed by atoms with Crippen LogP contribution in [-0.2, 0) is 21.2 Å². The van der Waals surface area contributed by atoms with E-state index in [2.05, 4.69) is 12.2 Å². The van der Waals surface area contributed by atoms with E-state index in [1.54, 1.807) is 12.1 Å². The first-order valence-electron chi connectivity index (χ1n) is 6.82. The molecular formula is C14H22N2O3S. The van der Waals surface area contributed by atoms with Gasteiger partial charge in [0, 0.05) is 13.0 Å². The standard InChI is InChI=1S/C14H22N2O3S/c1-2-3-4-11-16-14(17)10-7-12-5-8-13(9-6-12)20(15,18)19/h5-6,8-9H,2-4,7,10-11H2,1H3,(H,16,17)(H2,15,18,19). The Hall–Kier alpha value is -1.40. The number of nitrogens with two attached hydrogens (primary N) is 1. The Morgan fingerprint density at radius 2 is 1.85 bits per heavy atom. The van der Waals surface area contributed by atoms with Crippen molar-refractivity contribution in [2.45, 2.75) is 43.9 Å². The van der Waals surface area contributed by atoms with Gasteiger partial charge in [-0.2, -0.15) is 0 Å². The first-order chi connectivity index (χ1) is 9.43. The predicted molar refractivity (Wildman–Crippen MR) is 78.7 cm³/mol. The van der Waals surface area contributed by atoms with Crippen LogP contribution in [0.15, 0.2) is 29.2 Å². The molecule has 1 aromatic rings. The highest BCUT2D eigenvalue weighted by Gasteiger charge is 2.07. The first kappa shape index (κ1) is 16.7. The Morgan fingerprint density at radius 1 is 1.20 bits per heavy atom. The number of primary sulfonamides is 1. The minimum Gasteiger partial charge on any atom is -0.356 e. The normalized spacial score (nSPS) is 11.3. The van der Waals surface area contributed by atoms with E-state index in [0.717, 1.165) is 31.4 Å². The van der Waals surface area contributed by atoms with Gasteiger partial charge in [-0.25, -0.2) is 13.6 Å². The van der Waals surface area contributed by atoms with E-state index in [4.69, 9.17) is 5.14 Å². The van der Waals surface area contributed by atoms with Gasteiger partial charge in [0.1, 0.15) is 0 Å².